The van der Waals surface area contributed by atoms with Crippen LogP contribution in [0.2, 0.25) is 0 Å². The van der Waals surface area contributed by atoms with Gasteiger partial charge in [0, 0.05) is 23.6 Å². The lowest BCUT2D eigenvalue weighted by atomic mass is 10.1. The Morgan fingerprint density at radius 2 is 1.69 bits per heavy atom. The second-order valence-electron chi connectivity index (χ2n) is 5.91. The van der Waals surface area contributed by atoms with Crippen molar-refractivity contribution < 1.29 is 22.4 Å². The molecule has 2 aromatic carbocycles. The number of hydrogen-bond acceptors (Lipinski definition) is 3. The third kappa shape index (κ3) is 4.66. The van der Waals surface area contributed by atoms with Gasteiger partial charge in [0.15, 0.2) is 0 Å². The molecule has 0 atom stereocenters. The SMILES string of the molecule is N#Cc1cc(F)c(CC(=O)C#Cc2cccc(-c3ccc(F)cc3F)n2)c(F)c1. The number of benzene rings is 2. The van der Waals surface area contributed by atoms with Crippen LogP contribution in [0.4, 0.5) is 17.6 Å². The maximum absolute atomic E-state index is 13.9. The Labute approximate surface area is 163 Å². The Kier molecular flexibility index (Phi) is 5.71. The van der Waals surface area contributed by atoms with Crippen LogP contribution < -0.4 is 0 Å². The number of carbonyl (C=O) groups excluding carboxylic acids is 1. The minimum atomic E-state index is -1.01. The molecule has 3 rings (SSSR count). The second-order valence-corrected chi connectivity index (χ2v) is 5.91. The third-order valence-electron chi connectivity index (χ3n) is 3.89. The Morgan fingerprint density at radius 1 is 0.966 bits per heavy atom. The molecule has 0 spiro atoms. The highest BCUT2D eigenvalue weighted by Crippen LogP contribution is 2.21. The van der Waals surface area contributed by atoms with Crippen LogP contribution in [0.3, 0.4) is 0 Å². The van der Waals surface area contributed by atoms with Crippen LogP contribution in [0.15, 0.2) is 48.5 Å². The molecule has 29 heavy (non-hydrogen) atoms. The minimum absolute atomic E-state index is 0.0584. The van der Waals surface area contributed by atoms with Crippen molar-refractivity contribution >= 4 is 5.78 Å². The van der Waals surface area contributed by atoms with Gasteiger partial charge in [-0.2, -0.15) is 5.26 Å². The molecule has 0 aliphatic rings. The molecule has 0 fully saturated rings. The summed E-state index contributed by atoms with van der Waals surface area (Å²) >= 11 is 0. The molecular weight excluding hydrogens is 384 g/mol. The van der Waals surface area contributed by atoms with Crippen molar-refractivity contribution in [1.29, 1.82) is 5.26 Å². The summed E-state index contributed by atoms with van der Waals surface area (Å²) < 4.78 is 54.7. The first-order chi connectivity index (χ1) is 13.9. The molecule has 0 bridgehead atoms. The third-order valence-corrected chi connectivity index (χ3v) is 3.89. The molecule has 0 radical (unpaired) electrons. The molecular formula is C22H10F4N2O. The number of rotatable bonds is 3. The molecule has 0 N–H and O–H groups in total. The number of aromatic nitrogens is 1. The highest BCUT2D eigenvalue weighted by atomic mass is 19.1. The van der Waals surface area contributed by atoms with Crippen LogP contribution in [0.5, 0.6) is 0 Å². The van der Waals surface area contributed by atoms with Crippen LogP contribution in [0.25, 0.3) is 11.3 Å². The minimum Gasteiger partial charge on any atom is -0.285 e. The molecule has 0 aliphatic carbocycles. The molecule has 1 aromatic heterocycles. The smallest absolute Gasteiger partial charge is 0.210 e. The summed E-state index contributed by atoms with van der Waals surface area (Å²) in [5.74, 6) is 0.373. The van der Waals surface area contributed by atoms with Gasteiger partial charge in [0.2, 0.25) is 5.78 Å². The van der Waals surface area contributed by atoms with Gasteiger partial charge in [-0.05, 0) is 48.2 Å². The summed E-state index contributed by atoms with van der Waals surface area (Å²) in [6.07, 6.45) is -0.622. The fraction of sp³-hybridized carbons (Fsp3) is 0.0455. The zero-order valence-electron chi connectivity index (χ0n) is 14.6. The molecule has 0 amide bonds. The predicted octanol–water partition coefficient (Wildman–Crippen LogP) is 4.34. The van der Waals surface area contributed by atoms with Crippen molar-refractivity contribution in [2.45, 2.75) is 6.42 Å². The fourth-order valence-corrected chi connectivity index (χ4v) is 2.53. The summed E-state index contributed by atoms with van der Waals surface area (Å²) in [5, 5.41) is 8.68. The topological polar surface area (TPSA) is 53.8 Å². The Balaban J connectivity index is 1.82. The van der Waals surface area contributed by atoms with Crippen LogP contribution >= 0.6 is 0 Å². The number of pyridine rings is 1. The van der Waals surface area contributed by atoms with Gasteiger partial charge in [0.25, 0.3) is 0 Å². The monoisotopic (exact) mass is 394 g/mol. The molecule has 1 heterocycles. The summed E-state index contributed by atoms with van der Waals surface area (Å²) in [4.78, 5) is 16.1. The summed E-state index contributed by atoms with van der Waals surface area (Å²) in [5.41, 5.74) is -0.316. The van der Waals surface area contributed by atoms with E-state index in [4.69, 9.17) is 5.26 Å². The van der Waals surface area contributed by atoms with Gasteiger partial charge in [-0.3, -0.25) is 4.79 Å². The zero-order chi connectivity index (χ0) is 21.0. The molecule has 142 valence electrons. The first-order valence-electron chi connectivity index (χ1n) is 8.22. The lowest BCUT2D eigenvalue weighted by Crippen LogP contribution is -2.05. The molecule has 0 saturated carbocycles. The summed E-state index contributed by atoms with van der Waals surface area (Å²) in [6, 6.07) is 10.8. The van der Waals surface area contributed by atoms with Gasteiger partial charge in [-0.15, -0.1) is 0 Å². The van der Waals surface area contributed by atoms with E-state index in [1.165, 1.54) is 24.3 Å². The van der Waals surface area contributed by atoms with E-state index >= 15 is 0 Å². The normalized spacial score (nSPS) is 10.0. The van der Waals surface area contributed by atoms with E-state index in [9.17, 15) is 22.4 Å². The van der Waals surface area contributed by atoms with E-state index < -0.39 is 41.0 Å². The highest BCUT2D eigenvalue weighted by Gasteiger charge is 2.14. The second kappa shape index (κ2) is 8.37. The first kappa shape index (κ1) is 19.8. The number of hydrogen-bond donors (Lipinski definition) is 0. The molecule has 0 unspecified atom stereocenters. The Bertz CT molecular complexity index is 1200. The van der Waals surface area contributed by atoms with E-state index in [0.29, 0.717) is 0 Å². The van der Waals surface area contributed by atoms with Gasteiger partial charge >= 0.3 is 0 Å². The Morgan fingerprint density at radius 3 is 2.34 bits per heavy atom. The average Bonchev–Trinajstić information content (AvgIpc) is 2.69. The number of nitrogens with zero attached hydrogens (tertiary/aromatic N) is 2. The van der Waals surface area contributed by atoms with Crippen molar-refractivity contribution in [3.05, 3.63) is 88.6 Å². The van der Waals surface area contributed by atoms with Crippen LogP contribution in [-0.2, 0) is 11.2 Å². The van der Waals surface area contributed by atoms with Crippen molar-refractivity contribution in [3.8, 4) is 29.2 Å². The van der Waals surface area contributed by atoms with Gasteiger partial charge in [0.05, 0.1) is 17.3 Å². The van der Waals surface area contributed by atoms with Gasteiger partial charge in [0.1, 0.15) is 29.0 Å². The zero-order valence-corrected chi connectivity index (χ0v) is 14.6. The average molecular weight is 394 g/mol. The van der Waals surface area contributed by atoms with Crippen molar-refractivity contribution in [2.24, 2.45) is 0 Å². The molecule has 0 saturated heterocycles. The van der Waals surface area contributed by atoms with Crippen LogP contribution in [0, 0.1) is 46.4 Å². The number of Topliss-reactive ketones (excluding diaryl/α,β-unsaturated/α-hetero) is 1. The largest absolute Gasteiger partial charge is 0.285 e. The molecule has 0 aliphatic heterocycles. The van der Waals surface area contributed by atoms with E-state index in [-0.39, 0.29) is 22.5 Å². The molecule has 3 nitrogen and oxygen atoms in total. The van der Waals surface area contributed by atoms with Crippen molar-refractivity contribution in [2.75, 3.05) is 0 Å². The number of ketones is 1. The summed E-state index contributed by atoms with van der Waals surface area (Å²) in [7, 11) is 0. The maximum atomic E-state index is 13.9. The molecule has 7 heteroatoms. The number of halogens is 4. The van der Waals surface area contributed by atoms with Crippen molar-refractivity contribution in [1.82, 2.24) is 4.98 Å². The van der Waals surface area contributed by atoms with Crippen LogP contribution in [-0.4, -0.2) is 10.8 Å². The lowest BCUT2D eigenvalue weighted by molar-refractivity contribution is -0.113. The standard InChI is InChI=1S/C22H10F4N2O/c23-14-4-7-17(21(26)10-14)22-3-1-2-15(28-22)5-6-16(29)11-18-19(24)8-13(12-27)9-20(18)25/h1-4,7-10H,11H2. The predicted molar refractivity (Wildman–Crippen MR) is 96.3 cm³/mol. The maximum Gasteiger partial charge on any atom is 0.210 e. The highest BCUT2D eigenvalue weighted by molar-refractivity contribution is 5.97. The van der Waals surface area contributed by atoms with E-state index in [2.05, 4.69) is 16.8 Å². The van der Waals surface area contributed by atoms with Gasteiger partial charge < -0.3 is 0 Å². The van der Waals surface area contributed by atoms with E-state index in [1.807, 2.05) is 0 Å². The van der Waals surface area contributed by atoms with Gasteiger partial charge in [-0.1, -0.05) is 6.07 Å². The van der Waals surface area contributed by atoms with Crippen LogP contribution in [0.1, 0.15) is 16.8 Å². The Hall–Kier alpha value is -3.97. The quantitative estimate of drug-likeness (QED) is 0.491. The number of nitriles is 1. The summed E-state index contributed by atoms with van der Waals surface area (Å²) in [6.45, 7) is 0. The molecule has 3 aromatic rings. The van der Waals surface area contributed by atoms with Gasteiger partial charge in [-0.25, -0.2) is 22.5 Å². The first-order valence-corrected chi connectivity index (χ1v) is 8.22. The lowest BCUT2D eigenvalue weighted by Gasteiger charge is -2.03. The fourth-order valence-electron chi connectivity index (χ4n) is 2.53. The van der Waals surface area contributed by atoms with Crippen molar-refractivity contribution in [3.63, 3.8) is 0 Å². The number of carbonyl (C=O) groups is 1. The van der Waals surface area contributed by atoms with E-state index in [1.54, 1.807) is 6.07 Å². The van der Waals surface area contributed by atoms with E-state index in [0.717, 1.165) is 24.3 Å².